The van der Waals surface area contributed by atoms with Crippen LogP contribution >= 0.6 is 0 Å². The van der Waals surface area contributed by atoms with Crippen LogP contribution in [0.15, 0.2) is 35.3 Å². The van der Waals surface area contributed by atoms with E-state index >= 15 is 0 Å². The van der Waals surface area contributed by atoms with Gasteiger partial charge in [-0.25, -0.2) is 4.52 Å². The summed E-state index contributed by atoms with van der Waals surface area (Å²) < 4.78 is 1.49. The molecule has 0 saturated carbocycles. The van der Waals surface area contributed by atoms with E-state index in [1.165, 1.54) is 10.7 Å². The fraction of sp³-hybridized carbons (Fsp3) is 0.333. The molecule has 136 valence electrons. The first-order valence-electron chi connectivity index (χ1n) is 8.38. The molecule has 0 spiro atoms. The van der Waals surface area contributed by atoms with Crippen molar-refractivity contribution >= 4 is 28.4 Å². The molecule has 0 saturated heterocycles. The number of hydrogen-bond acceptors (Lipinski definition) is 4. The molecule has 0 fully saturated rings. The number of carboxylic acids is 1. The summed E-state index contributed by atoms with van der Waals surface area (Å²) in [5.41, 5.74) is 0.753. The Labute approximate surface area is 148 Å². The summed E-state index contributed by atoms with van der Waals surface area (Å²) in [5, 5.41) is 16.6. The lowest BCUT2D eigenvalue weighted by atomic mass is 9.97. The van der Waals surface area contributed by atoms with Crippen LogP contribution in [0.4, 0.5) is 0 Å². The lowest BCUT2D eigenvalue weighted by Crippen LogP contribution is -2.33. The van der Waals surface area contributed by atoms with Crippen molar-refractivity contribution in [2.45, 2.75) is 20.3 Å². The first kappa shape index (κ1) is 17.7. The van der Waals surface area contributed by atoms with Crippen LogP contribution in [-0.2, 0) is 4.79 Å². The minimum absolute atomic E-state index is 0.0154. The zero-order chi connectivity index (χ0) is 18.8. The number of benzene rings is 1. The Balaban J connectivity index is 1.90. The molecule has 3 aromatic rings. The smallest absolute Gasteiger partial charge is 0.308 e. The van der Waals surface area contributed by atoms with Gasteiger partial charge in [0.15, 0.2) is 0 Å². The van der Waals surface area contributed by atoms with Gasteiger partial charge in [-0.1, -0.05) is 26.0 Å². The highest BCUT2D eigenvalue weighted by atomic mass is 16.4. The molecule has 2 heterocycles. The topological polar surface area (TPSA) is 117 Å². The molecule has 0 aliphatic carbocycles. The molecule has 2 aromatic heterocycles. The molecular formula is C18H20N4O4. The van der Waals surface area contributed by atoms with Crippen LogP contribution in [0.3, 0.4) is 0 Å². The first-order chi connectivity index (χ1) is 12.4. The van der Waals surface area contributed by atoms with Crippen LogP contribution in [-0.4, -0.2) is 38.1 Å². The van der Waals surface area contributed by atoms with Crippen molar-refractivity contribution in [2.75, 3.05) is 6.54 Å². The van der Waals surface area contributed by atoms with Gasteiger partial charge in [0.05, 0.1) is 23.0 Å². The molecule has 8 heteroatoms. The van der Waals surface area contributed by atoms with Crippen molar-refractivity contribution in [3.8, 4) is 0 Å². The van der Waals surface area contributed by atoms with Gasteiger partial charge in [-0.15, -0.1) is 0 Å². The Bertz CT molecular complexity index is 1030. The summed E-state index contributed by atoms with van der Waals surface area (Å²) >= 11 is 0. The fourth-order valence-electron chi connectivity index (χ4n) is 2.99. The molecule has 0 aliphatic heterocycles. The average molecular weight is 356 g/mol. The first-order valence-corrected chi connectivity index (χ1v) is 8.38. The number of para-hydroxylation sites is 1. The van der Waals surface area contributed by atoms with Crippen LogP contribution in [0.25, 0.3) is 16.6 Å². The predicted octanol–water partition coefficient (Wildman–Crippen LogP) is 1.65. The van der Waals surface area contributed by atoms with E-state index in [-0.39, 0.29) is 29.2 Å². The summed E-state index contributed by atoms with van der Waals surface area (Å²) in [5.74, 6) is -1.88. The third-order valence-electron chi connectivity index (χ3n) is 4.24. The molecule has 0 bridgehead atoms. The molecule has 1 atom stereocenters. The van der Waals surface area contributed by atoms with E-state index in [9.17, 15) is 19.5 Å². The lowest BCUT2D eigenvalue weighted by Gasteiger charge is -2.15. The third kappa shape index (κ3) is 3.30. The summed E-state index contributed by atoms with van der Waals surface area (Å²) in [7, 11) is 0. The van der Waals surface area contributed by atoms with Crippen molar-refractivity contribution in [3.05, 3.63) is 46.4 Å². The minimum atomic E-state index is -0.946. The second-order valence-corrected chi connectivity index (χ2v) is 6.66. The quantitative estimate of drug-likeness (QED) is 0.621. The Kier molecular flexibility index (Phi) is 4.75. The number of nitrogens with one attached hydrogen (secondary N) is 2. The Hall–Kier alpha value is -3.16. The second-order valence-electron chi connectivity index (χ2n) is 6.66. The minimum Gasteiger partial charge on any atom is -0.481 e. The number of hydrogen-bond donors (Lipinski definition) is 3. The number of rotatable bonds is 6. The van der Waals surface area contributed by atoms with Crippen LogP contribution in [0, 0.1) is 11.8 Å². The van der Waals surface area contributed by atoms with Crippen LogP contribution < -0.4 is 10.9 Å². The number of carbonyl (C=O) groups is 2. The number of carbonyl (C=O) groups excluding carboxylic acids is 1. The van der Waals surface area contributed by atoms with E-state index in [2.05, 4.69) is 15.4 Å². The van der Waals surface area contributed by atoms with E-state index in [0.717, 1.165) is 0 Å². The maximum Gasteiger partial charge on any atom is 0.308 e. The number of aromatic amines is 1. The van der Waals surface area contributed by atoms with Gasteiger partial charge in [-0.3, -0.25) is 14.4 Å². The average Bonchev–Trinajstić information content (AvgIpc) is 3.02. The van der Waals surface area contributed by atoms with Gasteiger partial charge in [0.2, 0.25) is 0 Å². The van der Waals surface area contributed by atoms with Gasteiger partial charge >= 0.3 is 5.97 Å². The van der Waals surface area contributed by atoms with Crippen LogP contribution in [0.2, 0.25) is 0 Å². The number of aliphatic carboxylic acids is 1. The lowest BCUT2D eigenvalue weighted by molar-refractivity contribution is -0.142. The molecule has 1 aromatic carbocycles. The number of fused-ring (bicyclic) bond motifs is 3. The number of amides is 1. The van der Waals surface area contributed by atoms with Crippen LogP contribution in [0.5, 0.6) is 0 Å². The molecule has 3 N–H and O–H groups in total. The van der Waals surface area contributed by atoms with Gasteiger partial charge < -0.3 is 15.4 Å². The van der Waals surface area contributed by atoms with E-state index in [1.54, 1.807) is 24.3 Å². The van der Waals surface area contributed by atoms with Crippen molar-refractivity contribution in [2.24, 2.45) is 11.8 Å². The Morgan fingerprint density at radius 1 is 1.31 bits per heavy atom. The standard InChI is InChI=1S/C18H20N4O4/c1-10(2)7-11(18(25)26)8-19-16(23)13-9-20-22-14-6-4-3-5-12(14)17(24)21-15(13)22/h3-6,9-11H,7-8H2,1-2H3,(H,19,23)(H,21,24)(H,25,26). The normalized spacial score (nSPS) is 12.6. The monoisotopic (exact) mass is 356 g/mol. The summed E-state index contributed by atoms with van der Waals surface area (Å²) in [6, 6.07) is 6.96. The molecular weight excluding hydrogens is 336 g/mol. The largest absolute Gasteiger partial charge is 0.481 e. The Morgan fingerprint density at radius 2 is 2.04 bits per heavy atom. The third-order valence-corrected chi connectivity index (χ3v) is 4.24. The summed E-state index contributed by atoms with van der Waals surface area (Å²) in [6.45, 7) is 3.87. The van der Waals surface area contributed by atoms with Crippen molar-refractivity contribution in [1.29, 1.82) is 0 Å². The number of aromatic nitrogens is 3. The zero-order valence-corrected chi connectivity index (χ0v) is 14.5. The summed E-state index contributed by atoms with van der Waals surface area (Å²) in [4.78, 5) is 38.7. The van der Waals surface area contributed by atoms with E-state index in [1.807, 2.05) is 13.8 Å². The van der Waals surface area contributed by atoms with Crippen LogP contribution in [0.1, 0.15) is 30.6 Å². The van der Waals surface area contributed by atoms with Gasteiger partial charge in [0, 0.05) is 6.54 Å². The highest BCUT2D eigenvalue weighted by Gasteiger charge is 2.22. The number of carboxylic acid groups (broad SMARTS) is 1. The molecule has 1 unspecified atom stereocenters. The predicted molar refractivity (Wildman–Crippen MR) is 96.2 cm³/mol. The molecule has 8 nitrogen and oxygen atoms in total. The second kappa shape index (κ2) is 6.99. The summed E-state index contributed by atoms with van der Waals surface area (Å²) in [6.07, 6.45) is 1.83. The zero-order valence-electron chi connectivity index (χ0n) is 14.5. The molecule has 26 heavy (non-hydrogen) atoms. The highest BCUT2D eigenvalue weighted by molar-refractivity contribution is 6.00. The van der Waals surface area contributed by atoms with Gasteiger partial charge in [0.25, 0.3) is 11.5 Å². The van der Waals surface area contributed by atoms with Gasteiger partial charge in [0.1, 0.15) is 11.2 Å². The van der Waals surface area contributed by atoms with E-state index in [4.69, 9.17) is 0 Å². The SMILES string of the molecule is CC(C)CC(CNC(=O)c1cnn2c1[nH]c(=O)c1ccccc12)C(=O)O. The number of H-pyrrole nitrogens is 1. The van der Waals surface area contributed by atoms with E-state index in [0.29, 0.717) is 17.3 Å². The van der Waals surface area contributed by atoms with Gasteiger partial charge in [-0.2, -0.15) is 5.10 Å². The maximum atomic E-state index is 12.5. The molecule has 0 aliphatic rings. The van der Waals surface area contributed by atoms with E-state index < -0.39 is 17.8 Å². The highest BCUT2D eigenvalue weighted by Crippen LogP contribution is 2.15. The number of nitrogens with zero attached hydrogens (tertiary/aromatic N) is 2. The van der Waals surface area contributed by atoms with Crippen molar-refractivity contribution < 1.29 is 14.7 Å². The fourth-order valence-corrected chi connectivity index (χ4v) is 2.99. The molecule has 0 radical (unpaired) electrons. The maximum absolute atomic E-state index is 12.5. The Morgan fingerprint density at radius 3 is 2.73 bits per heavy atom. The molecule has 3 rings (SSSR count). The molecule has 1 amide bonds. The van der Waals surface area contributed by atoms with Gasteiger partial charge in [-0.05, 0) is 24.5 Å². The van der Waals surface area contributed by atoms with Crippen molar-refractivity contribution in [1.82, 2.24) is 19.9 Å². The van der Waals surface area contributed by atoms with Crippen molar-refractivity contribution in [3.63, 3.8) is 0 Å².